The maximum Gasteiger partial charge on any atom is 0.308 e. The molecule has 2 aromatic heterocycles. The molecule has 9 heteroatoms. The second-order valence-corrected chi connectivity index (χ2v) is 15.5. The molecular formula is C39H57N5O3S. The first kappa shape index (κ1) is 37.5. The van der Waals surface area contributed by atoms with Crippen LogP contribution in [0, 0.1) is 20.8 Å². The number of aliphatic imine (C=N–C) groups is 1. The van der Waals surface area contributed by atoms with Gasteiger partial charge in [0.25, 0.3) is 0 Å². The van der Waals surface area contributed by atoms with Crippen molar-refractivity contribution < 1.29 is 14.3 Å². The van der Waals surface area contributed by atoms with Crippen molar-refractivity contribution in [2.45, 2.75) is 156 Å². The Kier molecular flexibility index (Phi) is 14.0. The SMILES string of the molecule is CCCCCCCCCCCCCCCC(=O)Nc1ccc(C2=N[C@@H](CC(=O)OC(C)(C)C)c3nnc(C)n3-c3sc(C)c(C)c32)cc1. The number of hydrogen-bond acceptors (Lipinski definition) is 7. The van der Waals surface area contributed by atoms with Crippen molar-refractivity contribution in [3.63, 3.8) is 0 Å². The van der Waals surface area contributed by atoms with Crippen LogP contribution in [0.15, 0.2) is 29.3 Å². The molecule has 4 rings (SSSR count). The number of ether oxygens (including phenoxy) is 1. The van der Waals surface area contributed by atoms with Gasteiger partial charge >= 0.3 is 5.97 Å². The van der Waals surface area contributed by atoms with Crippen molar-refractivity contribution in [2.24, 2.45) is 4.99 Å². The molecule has 1 aliphatic heterocycles. The molecule has 0 spiro atoms. The molecule has 3 aromatic rings. The largest absolute Gasteiger partial charge is 0.460 e. The minimum absolute atomic E-state index is 0.0510. The number of nitrogens with zero attached hydrogens (tertiary/aromatic N) is 4. The number of fused-ring (bicyclic) bond motifs is 3. The molecule has 0 radical (unpaired) electrons. The van der Waals surface area contributed by atoms with Gasteiger partial charge in [-0.25, -0.2) is 0 Å². The average molecular weight is 676 g/mol. The van der Waals surface area contributed by atoms with E-state index >= 15 is 0 Å². The number of nitrogens with one attached hydrogen (secondary N) is 1. The van der Waals surface area contributed by atoms with Crippen LogP contribution in [0.1, 0.15) is 163 Å². The lowest BCUT2D eigenvalue weighted by molar-refractivity contribution is -0.155. The van der Waals surface area contributed by atoms with Gasteiger partial charge in [0.05, 0.1) is 12.1 Å². The van der Waals surface area contributed by atoms with Gasteiger partial charge in [0.1, 0.15) is 22.5 Å². The summed E-state index contributed by atoms with van der Waals surface area (Å²) in [5.74, 6) is 1.10. The lowest BCUT2D eigenvalue weighted by Gasteiger charge is -2.21. The first-order valence-electron chi connectivity index (χ1n) is 18.2. The van der Waals surface area contributed by atoms with Gasteiger partial charge in [0.15, 0.2) is 5.82 Å². The van der Waals surface area contributed by atoms with Crippen LogP contribution >= 0.6 is 11.3 Å². The highest BCUT2D eigenvalue weighted by Crippen LogP contribution is 2.39. The summed E-state index contributed by atoms with van der Waals surface area (Å²) in [4.78, 5) is 32.1. The second kappa shape index (κ2) is 17.9. The second-order valence-electron chi connectivity index (χ2n) is 14.3. The number of unbranched alkanes of at least 4 members (excludes halogenated alkanes) is 12. The predicted molar refractivity (Wildman–Crippen MR) is 198 cm³/mol. The monoisotopic (exact) mass is 675 g/mol. The Morgan fingerprint density at radius 1 is 0.854 bits per heavy atom. The number of carbonyl (C=O) groups excluding carboxylic acids is 2. The molecule has 8 nitrogen and oxygen atoms in total. The Hall–Kier alpha value is -3.33. The molecule has 0 saturated heterocycles. The van der Waals surface area contributed by atoms with Gasteiger partial charge in [-0.05, 0) is 65.7 Å². The van der Waals surface area contributed by atoms with Crippen molar-refractivity contribution in [2.75, 3.05) is 5.32 Å². The van der Waals surface area contributed by atoms with Crippen LogP contribution in [0.3, 0.4) is 0 Å². The van der Waals surface area contributed by atoms with E-state index in [-0.39, 0.29) is 18.3 Å². The van der Waals surface area contributed by atoms with E-state index in [1.807, 2.05) is 56.5 Å². The van der Waals surface area contributed by atoms with E-state index in [1.54, 1.807) is 11.3 Å². The smallest absolute Gasteiger partial charge is 0.308 e. The van der Waals surface area contributed by atoms with Gasteiger partial charge in [-0.15, -0.1) is 21.5 Å². The molecule has 0 fully saturated rings. The van der Waals surface area contributed by atoms with Gasteiger partial charge in [0, 0.05) is 28.1 Å². The molecule has 0 saturated carbocycles. The topological polar surface area (TPSA) is 98.5 Å². The van der Waals surface area contributed by atoms with Crippen molar-refractivity contribution in [1.82, 2.24) is 14.8 Å². The lowest BCUT2D eigenvalue weighted by atomic mass is 9.99. The molecule has 0 bridgehead atoms. The van der Waals surface area contributed by atoms with Crippen LogP contribution in [0.25, 0.3) is 5.00 Å². The van der Waals surface area contributed by atoms with Crippen LogP contribution < -0.4 is 5.32 Å². The molecule has 262 valence electrons. The Morgan fingerprint density at radius 2 is 1.44 bits per heavy atom. The first-order chi connectivity index (χ1) is 23.0. The van der Waals surface area contributed by atoms with E-state index in [0.717, 1.165) is 51.8 Å². The van der Waals surface area contributed by atoms with E-state index in [4.69, 9.17) is 9.73 Å². The third kappa shape index (κ3) is 10.6. The fourth-order valence-electron chi connectivity index (χ4n) is 6.30. The van der Waals surface area contributed by atoms with E-state index < -0.39 is 11.6 Å². The molecule has 1 aromatic carbocycles. The van der Waals surface area contributed by atoms with Gasteiger partial charge in [0.2, 0.25) is 5.91 Å². The number of benzene rings is 1. The summed E-state index contributed by atoms with van der Waals surface area (Å²) < 4.78 is 7.71. The Labute approximate surface area is 292 Å². The summed E-state index contributed by atoms with van der Waals surface area (Å²) in [6.07, 6.45) is 17.4. The number of anilines is 1. The van der Waals surface area contributed by atoms with E-state index in [9.17, 15) is 9.59 Å². The van der Waals surface area contributed by atoms with Gasteiger partial charge in [-0.2, -0.15) is 0 Å². The van der Waals surface area contributed by atoms with Crippen molar-refractivity contribution in [3.05, 3.63) is 57.5 Å². The fraction of sp³-hybridized carbons (Fsp3) is 0.615. The minimum Gasteiger partial charge on any atom is -0.460 e. The van der Waals surface area contributed by atoms with Crippen LogP contribution in [0.4, 0.5) is 5.69 Å². The van der Waals surface area contributed by atoms with Crippen molar-refractivity contribution in [3.8, 4) is 5.00 Å². The highest BCUT2D eigenvalue weighted by molar-refractivity contribution is 7.15. The summed E-state index contributed by atoms with van der Waals surface area (Å²) in [7, 11) is 0. The van der Waals surface area contributed by atoms with Crippen LogP contribution in [-0.2, 0) is 14.3 Å². The number of aryl methyl sites for hydroxylation is 2. The average Bonchev–Trinajstić information content (AvgIpc) is 3.50. The lowest BCUT2D eigenvalue weighted by Crippen LogP contribution is -2.25. The zero-order valence-electron chi connectivity index (χ0n) is 30.4. The molecule has 48 heavy (non-hydrogen) atoms. The van der Waals surface area contributed by atoms with Gasteiger partial charge in [-0.3, -0.25) is 19.1 Å². The Bertz CT molecular complexity index is 1530. The Morgan fingerprint density at radius 3 is 2.02 bits per heavy atom. The number of hydrogen-bond donors (Lipinski definition) is 1. The highest BCUT2D eigenvalue weighted by atomic mass is 32.1. The normalized spacial score (nSPS) is 14.2. The summed E-state index contributed by atoms with van der Waals surface area (Å²) in [5, 5.41) is 12.9. The van der Waals surface area contributed by atoms with Crippen molar-refractivity contribution >= 4 is 34.6 Å². The molecule has 1 atom stereocenters. The van der Waals surface area contributed by atoms with Gasteiger partial charge < -0.3 is 10.1 Å². The summed E-state index contributed by atoms with van der Waals surface area (Å²) >= 11 is 1.68. The Balaban J connectivity index is 1.35. The molecule has 3 heterocycles. The quantitative estimate of drug-likeness (QED) is 0.107. The number of carbonyl (C=O) groups is 2. The molecule has 1 aliphatic rings. The van der Waals surface area contributed by atoms with E-state index in [2.05, 4.69) is 36.3 Å². The standard InChI is InChI=1S/C39H57N5O3S/c1-8-9-10-11-12-13-14-15-16-17-18-19-20-21-33(45)40-31-24-22-30(23-25-31)36-35-27(2)28(3)48-38(35)44-29(4)42-43-37(44)32(41-36)26-34(46)47-39(5,6)7/h22-25,32H,8-21,26H2,1-7H3,(H,40,45)/t32-/m0/s1. The van der Waals surface area contributed by atoms with E-state index in [1.165, 1.54) is 75.5 Å². The molecular weight excluding hydrogens is 619 g/mol. The fourth-order valence-corrected chi connectivity index (χ4v) is 7.52. The van der Waals surface area contributed by atoms with Crippen LogP contribution in [-0.4, -0.2) is 38.0 Å². The summed E-state index contributed by atoms with van der Waals surface area (Å²) in [6.45, 7) is 14.0. The van der Waals surface area contributed by atoms with Gasteiger partial charge in [-0.1, -0.05) is 96.1 Å². The summed E-state index contributed by atoms with van der Waals surface area (Å²) in [6, 6.07) is 7.31. The summed E-state index contributed by atoms with van der Waals surface area (Å²) in [5.41, 5.74) is 4.04. The van der Waals surface area contributed by atoms with Crippen molar-refractivity contribution in [1.29, 1.82) is 0 Å². The number of aromatic nitrogens is 3. The molecule has 1 N–H and O–H groups in total. The highest BCUT2D eigenvalue weighted by Gasteiger charge is 2.33. The van der Waals surface area contributed by atoms with E-state index in [0.29, 0.717) is 12.2 Å². The molecule has 0 unspecified atom stereocenters. The number of rotatable bonds is 18. The number of amides is 1. The molecule has 0 aliphatic carbocycles. The zero-order chi connectivity index (χ0) is 34.7. The third-order valence-corrected chi connectivity index (χ3v) is 10.2. The maximum atomic E-state index is 13.0. The number of thiophene rings is 1. The predicted octanol–water partition coefficient (Wildman–Crippen LogP) is 10.3. The zero-order valence-corrected chi connectivity index (χ0v) is 31.2. The maximum absolute atomic E-state index is 13.0. The van der Waals surface area contributed by atoms with Crippen LogP contribution in [0.2, 0.25) is 0 Å². The molecule has 1 amide bonds. The van der Waals surface area contributed by atoms with Crippen LogP contribution in [0.5, 0.6) is 0 Å². The first-order valence-corrected chi connectivity index (χ1v) is 19.0. The minimum atomic E-state index is -0.600. The number of esters is 1. The third-order valence-electron chi connectivity index (χ3n) is 8.97.